The van der Waals surface area contributed by atoms with Crippen molar-refractivity contribution in [1.82, 2.24) is 0 Å². The maximum absolute atomic E-state index is 11.0. The summed E-state index contributed by atoms with van der Waals surface area (Å²) in [6.07, 6.45) is 0.560. The molecule has 0 amide bonds. The number of anilines is 1. The van der Waals surface area contributed by atoms with Crippen molar-refractivity contribution >= 4 is 34.9 Å². The van der Waals surface area contributed by atoms with Crippen LogP contribution in [0.15, 0.2) is 24.3 Å². The average molecular weight is 276 g/mol. The Morgan fingerprint density at radius 3 is 2.29 bits per heavy atom. The molecule has 0 saturated carbocycles. The summed E-state index contributed by atoms with van der Waals surface area (Å²) in [7, 11) is 0. The minimum Gasteiger partial charge on any atom is -0.481 e. The SMILES string of the molecule is CCC(C(=O)O)c1ccc(NC(C)(Cl)Cl)cc1. The summed E-state index contributed by atoms with van der Waals surface area (Å²) in [6.45, 7) is 3.47. The summed E-state index contributed by atoms with van der Waals surface area (Å²) in [6, 6.07) is 7.07. The lowest BCUT2D eigenvalue weighted by Gasteiger charge is -2.18. The van der Waals surface area contributed by atoms with Crippen LogP contribution in [0.1, 0.15) is 31.7 Å². The molecular formula is C12H15Cl2NO2. The van der Waals surface area contributed by atoms with Gasteiger partial charge in [0.15, 0.2) is 4.46 Å². The van der Waals surface area contributed by atoms with Gasteiger partial charge in [0.1, 0.15) is 0 Å². The van der Waals surface area contributed by atoms with Crippen molar-refractivity contribution in [3.63, 3.8) is 0 Å². The van der Waals surface area contributed by atoms with Crippen LogP contribution in [0.25, 0.3) is 0 Å². The Labute approximate surface area is 111 Å². The molecule has 1 aromatic rings. The quantitative estimate of drug-likeness (QED) is 0.634. The maximum atomic E-state index is 11.0. The third-order valence-electron chi connectivity index (χ3n) is 2.38. The first kappa shape index (κ1) is 14.1. The Morgan fingerprint density at radius 2 is 1.94 bits per heavy atom. The fourth-order valence-electron chi connectivity index (χ4n) is 1.61. The lowest BCUT2D eigenvalue weighted by atomic mass is 9.96. The second-order valence-corrected chi connectivity index (χ2v) is 5.64. The van der Waals surface area contributed by atoms with Crippen LogP contribution >= 0.6 is 23.2 Å². The van der Waals surface area contributed by atoms with E-state index in [1.54, 1.807) is 31.2 Å². The summed E-state index contributed by atoms with van der Waals surface area (Å²) in [5, 5.41) is 11.9. The average Bonchev–Trinajstić information content (AvgIpc) is 2.18. The summed E-state index contributed by atoms with van der Waals surface area (Å²) in [4.78, 5) is 11.0. The van der Waals surface area contributed by atoms with Gasteiger partial charge in [-0.3, -0.25) is 4.79 Å². The molecule has 1 rings (SSSR count). The zero-order valence-electron chi connectivity index (χ0n) is 9.71. The van der Waals surface area contributed by atoms with Crippen molar-refractivity contribution in [3.8, 4) is 0 Å². The van der Waals surface area contributed by atoms with Crippen LogP contribution in [0.4, 0.5) is 5.69 Å². The van der Waals surface area contributed by atoms with Gasteiger partial charge in [0, 0.05) is 5.69 Å². The smallest absolute Gasteiger partial charge is 0.310 e. The number of alkyl halides is 2. The number of carboxylic acids is 1. The molecule has 94 valence electrons. The Balaban J connectivity index is 2.84. The molecule has 0 bridgehead atoms. The van der Waals surface area contributed by atoms with Crippen LogP contribution in [-0.2, 0) is 4.79 Å². The number of aliphatic carboxylic acids is 1. The van der Waals surface area contributed by atoms with Gasteiger partial charge < -0.3 is 10.4 Å². The van der Waals surface area contributed by atoms with Crippen molar-refractivity contribution in [2.45, 2.75) is 30.6 Å². The second kappa shape index (κ2) is 5.61. The molecule has 0 fully saturated rings. The van der Waals surface area contributed by atoms with E-state index in [4.69, 9.17) is 28.3 Å². The zero-order chi connectivity index (χ0) is 13.1. The number of rotatable bonds is 5. The summed E-state index contributed by atoms with van der Waals surface area (Å²) in [5.41, 5.74) is 1.53. The second-order valence-electron chi connectivity index (χ2n) is 3.93. The van der Waals surface area contributed by atoms with Gasteiger partial charge in [-0.2, -0.15) is 0 Å². The summed E-state index contributed by atoms with van der Waals surface area (Å²) < 4.78 is -1.04. The van der Waals surface area contributed by atoms with E-state index in [1.165, 1.54) is 0 Å². The van der Waals surface area contributed by atoms with Crippen molar-refractivity contribution in [1.29, 1.82) is 0 Å². The van der Waals surface area contributed by atoms with Gasteiger partial charge >= 0.3 is 5.97 Å². The van der Waals surface area contributed by atoms with Gasteiger partial charge in [-0.25, -0.2) is 0 Å². The third-order valence-corrected chi connectivity index (χ3v) is 2.57. The van der Waals surface area contributed by atoms with Gasteiger partial charge in [-0.15, -0.1) is 0 Å². The van der Waals surface area contributed by atoms with Crippen LogP contribution < -0.4 is 5.32 Å². The Hall–Kier alpha value is -0.930. The van der Waals surface area contributed by atoms with E-state index in [0.717, 1.165) is 11.3 Å². The lowest BCUT2D eigenvalue weighted by molar-refractivity contribution is -0.138. The largest absolute Gasteiger partial charge is 0.481 e. The summed E-state index contributed by atoms with van der Waals surface area (Å²) in [5.74, 6) is -1.28. The van der Waals surface area contributed by atoms with Crippen LogP contribution in [0, 0.1) is 0 Å². The van der Waals surface area contributed by atoms with E-state index in [0.29, 0.717) is 6.42 Å². The lowest BCUT2D eigenvalue weighted by Crippen LogP contribution is -2.19. The third kappa shape index (κ3) is 4.44. The molecule has 0 saturated heterocycles. The van der Waals surface area contributed by atoms with E-state index in [9.17, 15) is 4.79 Å². The van der Waals surface area contributed by atoms with E-state index >= 15 is 0 Å². The topological polar surface area (TPSA) is 49.3 Å². The van der Waals surface area contributed by atoms with Crippen LogP contribution in [0.2, 0.25) is 0 Å². The van der Waals surface area contributed by atoms with Gasteiger partial charge in [0.2, 0.25) is 0 Å². The first-order valence-corrected chi connectivity index (χ1v) is 6.08. The highest BCUT2D eigenvalue weighted by atomic mass is 35.5. The van der Waals surface area contributed by atoms with E-state index in [1.807, 2.05) is 6.92 Å². The maximum Gasteiger partial charge on any atom is 0.310 e. The zero-order valence-corrected chi connectivity index (χ0v) is 11.2. The number of nitrogens with one attached hydrogen (secondary N) is 1. The fraction of sp³-hybridized carbons (Fsp3) is 0.417. The molecule has 1 atom stereocenters. The number of hydrogen-bond acceptors (Lipinski definition) is 2. The normalized spacial score (nSPS) is 13.2. The van der Waals surface area contributed by atoms with Crippen LogP contribution in [-0.4, -0.2) is 15.5 Å². The number of carbonyl (C=O) groups is 1. The molecule has 0 radical (unpaired) electrons. The summed E-state index contributed by atoms with van der Waals surface area (Å²) >= 11 is 11.6. The molecule has 0 aliphatic rings. The molecule has 0 aliphatic heterocycles. The monoisotopic (exact) mass is 275 g/mol. The number of carboxylic acid groups (broad SMARTS) is 1. The predicted molar refractivity (Wildman–Crippen MR) is 70.8 cm³/mol. The first-order chi connectivity index (χ1) is 7.83. The minimum atomic E-state index is -1.04. The van der Waals surface area contributed by atoms with E-state index in [2.05, 4.69) is 5.32 Å². The molecule has 0 aliphatic carbocycles. The van der Waals surface area contributed by atoms with Gasteiger partial charge in [0.25, 0.3) is 0 Å². The molecule has 1 unspecified atom stereocenters. The minimum absolute atomic E-state index is 0.470. The Morgan fingerprint density at radius 1 is 1.41 bits per heavy atom. The first-order valence-electron chi connectivity index (χ1n) is 5.32. The van der Waals surface area contributed by atoms with Crippen molar-refractivity contribution in [3.05, 3.63) is 29.8 Å². The molecule has 1 aromatic carbocycles. The van der Waals surface area contributed by atoms with Crippen molar-refractivity contribution in [2.24, 2.45) is 0 Å². The Bertz CT molecular complexity index is 384. The molecule has 0 aromatic heterocycles. The van der Waals surface area contributed by atoms with E-state index in [-0.39, 0.29) is 0 Å². The van der Waals surface area contributed by atoms with Gasteiger partial charge in [-0.05, 0) is 31.0 Å². The molecule has 3 nitrogen and oxygen atoms in total. The number of hydrogen-bond donors (Lipinski definition) is 2. The predicted octanol–water partition coefficient (Wildman–Crippen LogP) is 3.83. The van der Waals surface area contributed by atoms with Crippen LogP contribution in [0.5, 0.6) is 0 Å². The van der Waals surface area contributed by atoms with Crippen LogP contribution in [0.3, 0.4) is 0 Å². The van der Waals surface area contributed by atoms with Gasteiger partial charge in [0.05, 0.1) is 5.92 Å². The number of benzene rings is 1. The standard InChI is InChI=1S/C12H15Cl2NO2/c1-3-10(11(16)17)8-4-6-9(7-5-8)15-12(2,13)14/h4-7,10,15H,3H2,1-2H3,(H,16,17). The fourth-order valence-corrected chi connectivity index (χ4v) is 1.82. The van der Waals surface area contributed by atoms with Gasteiger partial charge in [-0.1, -0.05) is 42.3 Å². The van der Waals surface area contributed by atoms with Crippen molar-refractivity contribution < 1.29 is 9.90 Å². The highest BCUT2D eigenvalue weighted by molar-refractivity contribution is 6.49. The van der Waals surface area contributed by atoms with E-state index < -0.39 is 16.3 Å². The molecule has 0 heterocycles. The van der Waals surface area contributed by atoms with Crippen molar-refractivity contribution in [2.75, 3.05) is 5.32 Å². The molecule has 17 heavy (non-hydrogen) atoms. The molecule has 0 spiro atoms. The molecular weight excluding hydrogens is 261 g/mol. The molecule has 5 heteroatoms. The molecule has 2 N–H and O–H groups in total. The Kier molecular flexibility index (Phi) is 4.66. The highest BCUT2D eigenvalue weighted by Crippen LogP contribution is 2.25. The highest BCUT2D eigenvalue weighted by Gasteiger charge is 2.18. The number of halogens is 2.